The summed E-state index contributed by atoms with van der Waals surface area (Å²) in [5.74, 6) is 2.26. The molecule has 14 heavy (non-hydrogen) atoms. The van der Waals surface area contributed by atoms with Crippen molar-refractivity contribution >= 4 is 30.9 Å². The fourth-order valence-corrected chi connectivity index (χ4v) is 14.7. The predicted octanol–water partition coefficient (Wildman–Crippen LogP) is 2.00. The molecule has 4 heteroatoms. The average Bonchev–Trinajstić information content (AvgIpc) is 2.62. The van der Waals surface area contributed by atoms with Crippen LogP contribution < -0.4 is 9.31 Å². The van der Waals surface area contributed by atoms with E-state index >= 15 is 0 Å². The maximum absolute atomic E-state index is 5.88. The number of rotatable bonds is 5. The van der Waals surface area contributed by atoms with Crippen molar-refractivity contribution in [2.24, 2.45) is 5.73 Å². The van der Waals surface area contributed by atoms with Gasteiger partial charge in [-0.25, -0.2) is 0 Å². The van der Waals surface area contributed by atoms with E-state index in [2.05, 4.69) is 28.9 Å². The van der Waals surface area contributed by atoms with Gasteiger partial charge in [0.05, 0.1) is 0 Å². The van der Waals surface area contributed by atoms with Gasteiger partial charge in [-0.05, 0) is 0 Å². The van der Waals surface area contributed by atoms with Crippen molar-refractivity contribution in [3.63, 3.8) is 0 Å². The summed E-state index contributed by atoms with van der Waals surface area (Å²) >= 11 is -1.59. The summed E-state index contributed by atoms with van der Waals surface area (Å²) in [4.78, 5) is 0. The summed E-state index contributed by atoms with van der Waals surface area (Å²) in [5, 5.41) is 0. The fraction of sp³-hybridized carbons (Fsp3) is 0.600. The summed E-state index contributed by atoms with van der Waals surface area (Å²) in [5.41, 5.74) is 5.88. The Kier molecular flexibility index (Phi) is 5.41. The normalized spacial score (nSPS) is 15.4. The Bertz CT molecular complexity index is 275. The van der Waals surface area contributed by atoms with E-state index in [9.17, 15) is 0 Å². The van der Waals surface area contributed by atoms with Crippen molar-refractivity contribution in [2.45, 2.75) is 31.2 Å². The van der Waals surface area contributed by atoms with E-state index in [1.54, 1.807) is 6.26 Å². The second-order valence-electron chi connectivity index (χ2n) is 3.38. The first-order valence-corrected chi connectivity index (χ1v) is 14.2. The SMILES string of the molecule is CC[S][SnH]([CH2]C)[c]1ccoc1C(C)N. The molecule has 0 spiro atoms. The van der Waals surface area contributed by atoms with E-state index in [-0.39, 0.29) is 6.04 Å². The Balaban J connectivity index is 2.86. The van der Waals surface area contributed by atoms with Crippen molar-refractivity contribution in [1.82, 2.24) is 0 Å². The van der Waals surface area contributed by atoms with E-state index in [1.807, 2.05) is 6.92 Å². The van der Waals surface area contributed by atoms with Gasteiger partial charge in [0.1, 0.15) is 0 Å². The minimum atomic E-state index is -1.59. The molecule has 80 valence electrons. The Morgan fingerprint density at radius 2 is 2.29 bits per heavy atom. The monoisotopic (exact) mass is 321 g/mol. The minimum absolute atomic E-state index is 0.0446. The third-order valence-electron chi connectivity index (χ3n) is 2.23. The van der Waals surface area contributed by atoms with Crippen LogP contribution in [0.4, 0.5) is 0 Å². The molecule has 0 saturated heterocycles. The summed E-state index contributed by atoms with van der Waals surface area (Å²) < 4.78 is 8.28. The molecule has 0 bridgehead atoms. The van der Waals surface area contributed by atoms with Crippen molar-refractivity contribution in [2.75, 3.05) is 5.75 Å². The van der Waals surface area contributed by atoms with E-state index in [0.29, 0.717) is 0 Å². The van der Waals surface area contributed by atoms with Crippen molar-refractivity contribution in [3.8, 4) is 0 Å². The van der Waals surface area contributed by atoms with Crippen molar-refractivity contribution in [1.29, 1.82) is 0 Å². The first-order valence-electron chi connectivity index (χ1n) is 5.15. The average molecular weight is 320 g/mol. The van der Waals surface area contributed by atoms with E-state index < -0.39 is 18.4 Å². The van der Waals surface area contributed by atoms with E-state index in [0.717, 1.165) is 5.76 Å². The van der Waals surface area contributed by atoms with Gasteiger partial charge < -0.3 is 0 Å². The van der Waals surface area contributed by atoms with Gasteiger partial charge in [-0.1, -0.05) is 0 Å². The van der Waals surface area contributed by atoms with Crippen LogP contribution >= 0.6 is 8.95 Å². The number of nitrogens with two attached hydrogens (primary N) is 1. The van der Waals surface area contributed by atoms with Gasteiger partial charge in [-0.2, -0.15) is 0 Å². The molecule has 2 N–H and O–H groups in total. The molecule has 1 heterocycles. The standard InChI is InChI=1S/C6H8NO.C2H6S.C2H5.Sn.H/c1-5(7)6-3-2-4-8-6;1-2-3;1-2;;/h2,4-5H,7H2,1H3;3H,2H2,1H3;1H2,2H3;;/q;;;+1;/p-1. The molecule has 1 aromatic rings. The first-order chi connectivity index (χ1) is 6.70. The van der Waals surface area contributed by atoms with Gasteiger partial charge in [0.15, 0.2) is 0 Å². The van der Waals surface area contributed by atoms with Crippen LogP contribution in [0.5, 0.6) is 0 Å². The Morgan fingerprint density at radius 1 is 1.57 bits per heavy atom. The van der Waals surface area contributed by atoms with Crippen LogP contribution in [0, 0.1) is 0 Å². The number of furan rings is 1. The summed E-state index contributed by atoms with van der Waals surface area (Å²) in [6.07, 6.45) is 1.80. The van der Waals surface area contributed by atoms with Crippen LogP contribution in [-0.4, -0.2) is 24.1 Å². The number of hydrogen-bond acceptors (Lipinski definition) is 3. The third kappa shape index (κ3) is 2.94. The van der Waals surface area contributed by atoms with Gasteiger partial charge in [0.25, 0.3) is 0 Å². The molecule has 0 aliphatic carbocycles. The van der Waals surface area contributed by atoms with Crippen LogP contribution in [0.15, 0.2) is 16.7 Å². The zero-order valence-electron chi connectivity index (χ0n) is 9.12. The molecule has 0 aliphatic heterocycles. The van der Waals surface area contributed by atoms with Gasteiger partial charge in [-0.15, -0.1) is 0 Å². The topological polar surface area (TPSA) is 39.2 Å². The van der Waals surface area contributed by atoms with Crippen molar-refractivity contribution < 1.29 is 4.42 Å². The zero-order valence-corrected chi connectivity index (χ0v) is 13.2. The van der Waals surface area contributed by atoms with Crippen LogP contribution in [0.2, 0.25) is 4.44 Å². The Labute approximate surface area is 95.8 Å². The molecule has 2 atom stereocenters. The summed E-state index contributed by atoms with van der Waals surface area (Å²) in [7, 11) is 2.16. The molecule has 2 unspecified atom stereocenters. The molecule has 1 aromatic heterocycles. The molecular formula is C10H19NOSSn. The summed E-state index contributed by atoms with van der Waals surface area (Å²) in [6, 6.07) is 2.19. The molecule has 0 radical (unpaired) electrons. The van der Waals surface area contributed by atoms with E-state index in [4.69, 9.17) is 10.2 Å². The molecule has 0 amide bonds. The molecule has 0 aromatic carbocycles. The van der Waals surface area contributed by atoms with Gasteiger partial charge in [-0.3, -0.25) is 0 Å². The molecule has 0 fully saturated rings. The van der Waals surface area contributed by atoms with Gasteiger partial charge >= 0.3 is 96.1 Å². The van der Waals surface area contributed by atoms with Gasteiger partial charge in [0.2, 0.25) is 0 Å². The second kappa shape index (κ2) is 6.08. The third-order valence-corrected chi connectivity index (χ3v) is 18.7. The quantitative estimate of drug-likeness (QED) is 0.844. The zero-order chi connectivity index (χ0) is 10.6. The van der Waals surface area contributed by atoms with Crippen LogP contribution in [-0.2, 0) is 0 Å². The van der Waals surface area contributed by atoms with Crippen molar-refractivity contribution in [3.05, 3.63) is 18.1 Å². The fourth-order valence-electron chi connectivity index (χ4n) is 1.60. The maximum atomic E-state index is 5.88. The van der Waals surface area contributed by atoms with Crippen LogP contribution in [0.1, 0.15) is 32.6 Å². The molecular weight excluding hydrogens is 301 g/mol. The Morgan fingerprint density at radius 3 is 2.79 bits per heavy atom. The summed E-state index contributed by atoms with van der Waals surface area (Å²) in [6.45, 7) is 6.52. The molecule has 1 rings (SSSR count). The predicted molar refractivity (Wildman–Crippen MR) is 66.7 cm³/mol. The van der Waals surface area contributed by atoms with Gasteiger partial charge in [0, 0.05) is 0 Å². The first kappa shape index (κ1) is 12.5. The van der Waals surface area contributed by atoms with Crippen LogP contribution in [0.3, 0.4) is 0 Å². The van der Waals surface area contributed by atoms with Crippen LogP contribution in [0.25, 0.3) is 0 Å². The number of hydrogen-bond donors (Lipinski definition) is 1. The molecule has 0 saturated carbocycles. The Hall–Kier alpha value is 0.389. The molecule has 0 aliphatic rings. The molecule has 2 nitrogen and oxygen atoms in total. The van der Waals surface area contributed by atoms with E-state index in [1.165, 1.54) is 13.8 Å². The second-order valence-corrected chi connectivity index (χ2v) is 17.9.